The highest BCUT2D eigenvalue weighted by Gasteiger charge is 2.15. The molecule has 120 valence electrons. The van der Waals surface area contributed by atoms with E-state index in [2.05, 4.69) is 20.9 Å². The minimum absolute atomic E-state index is 0.410. The van der Waals surface area contributed by atoms with E-state index in [9.17, 15) is 13.2 Å². The van der Waals surface area contributed by atoms with Gasteiger partial charge in [-0.1, -0.05) is 19.3 Å². The van der Waals surface area contributed by atoms with Gasteiger partial charge in [0.15, 0.2) is 0 Å². The van der Waals surface area contributed by atoms with Crippen LogP contribution < -0.4 is 4.74 Å². The highest BCUT2D eigenvalue weighted by molar-refractivity contribution is 9.10. The average molecular weight is 370 g/mol. The molecule has 0 spiro atoms. The summed E-state index contributed by atoms with van der Waals surface area (Å²) in [6, 6.07) is 2.01. The standard InChI is InChI=1S/C13H18BrNO2.CHF3/c1-16-13-10(7-11(14)8-15-13)9-17-12-5-3-2-4-6-12;2-1(3)4/h7-8,12H,2-6,9H2,1H3;1H. The van der Waals surface area contributed by atoms with Crippen LogP contribution in [-0.2, 0) is 11.3 Å². The topological polar surface area (TPSA) is 31.4 Å². The van der Waals surface area contributed by atoms with Crippen molar-refractivity contribution in [3.63, 3.8) is 0 Å². The summed E-state index contributed by atoms with van der Waals surface area (Å²) in [4.78, 5) is 4.21. The lowest BCUT2D eigenvalue weighted by Crippen LogP contribution is -2.16. The molecule has 1 aliphatic rings. The number of nitrogens with zero attached hydrogens (tertiary/aromatic N) is 1. The molecule has 0 aliphatic heterocycles. The van der Waals surface area contributed by atoms with Crippen LogP contribution in [0.4, 0.5) is 13.2 Å². The normalized spacial score (nSPS) is 15.5. The van der Waals surface area contributed by atoms with Crippen molar-refractivity contribution >= 4 is 15.9 Å². The van der Waals surface area contributed by atoms with Crippen LogP contribution in [-0.4, -0.2) is 24.9 Å². The molecule has 0 amide bonds. The number of halogens is 4. The third-order valence-corrected chi connectivity index (χ3v) is 3.55. The van der Waals surface area contributed by atoms with E-state index in [0.29, 0.717) is 18.6 Å². The van der Waals surface area contributed by atoms with E-state index < -0.39 is 6.68 Å². The molecule has 1 fully saturated rings. The summed E-state index contributed by atoms with van der Waals surface area (Å²) >= 11 is 3.42. The van der Waals surface area contributed by atoms with Crippen molar-refractivity contribution in [2.24, 2.45) is 0 Å². The monoisotopic (exact) mass is 369 g/mol. The Morgan fingerprint density at radius 1 is 1.29 bits per heavy atom. The van der Waals surface area contributed by atoms with Crippen LogP contribution >= 0.6 is 15.9 Å². The van der Waals surface area contributed by atoms with E-state index in [1.54, 1.807) is 13.3 Å². The van der Waals surface area contributed by atoms with Gasteiger partial charge in [0.25, 0.3) is 0 Å². The summed E-state index contributed by atoms with van der Waals surface area (Å²) in [7, 11) is 1.64. The molecule has 0 aromatic carbocycles. The second kappa shape index (κ2) is 10.00. The van der Waals surface area contributed by atoms with Gasteiger partial charge in [0.05, 0.1) is 19.8 Å². The summed E-state index contributed by atoms with van der Waals surface area (Å²) < 4.78 is 41.1. The number of hydrogen-bond acceptors (Lipinski definition) is 3. The quantitative estimate of drug-likeness (QED) is 0.757. The van der Waals surface area contributed by atoms with Crippen molar-refractivity contribution < 1.29 is 22.6 Å². The van der Waals surface area contributed by atoms with Crippen LogP contribution in [0.25, 0.3) is 0 Å². The van der Waals surface area contributed by atoms with E-state index in [-0.39, 0.29) is 0 Å². The zero-order valence-electron chi connectivity index (χ0n) is 11.8. The van der Waals surface area contributed by atoms with E-state index >= 15 is 0 Å². The molecule has 1 aromatic rings. The van der Waals surface area contributed by atoms with Crippen LogP contribution in [0.5, 0.6) is 5.88 Å². The van der Waals surface area contributed by atoms with Crippen molar-refractivity contribution in [2.45, 2.75) is 51.5 Å². The molecule has 1 saturated carbocycles. The van der Waals surface area contributed by atoms with Crippen LogP contribution in [0.3, 0.4) is 0 Å². The molecule has 0 bridgehead atoms. The maximum atomic E-state index is 9.67. The summed E-state index contributed by atoms with van der Waals surface area (Å²) in [6.45, 7) is -3.08. The summed E-state index contributed by atoms with van der Waals surface area (Å²) in [5.41, 5.74) is 1.01. The lowest BCUT2D eigenvalue weighted by molar-refractivity contribution is 0.00818. The highest BCUT2D eigenvalue weighted by atomic mass is 79.9. The Morgan fingerprint density at radius 2 is 1.90 bits per heavy atom. The Balaban J connectivity index is 0.000000491. The molecule has 1 aliphatic carbocycles. The van der Waals surface area contributed by atoms with Crippen molar-refractivity contribution in [1.82, 2.24) is 4.98 Å². The van der Waals surface area contributed by atoms with Crippen LogP contribution in [0.15, 0.2) is 16.7 Å². The molecule has 3 nitrogen and oxygen atoms in total. The van der Waals surface area contributed by atoms with E-state index in [1.807, 2.05) is 6.07 Å². The SMILES string of the molecule is COc1ncc(Br)cc1COC1CCCCC1.FC(F)F. The van der Waals surface area contributed by atoms with E-state index in [4.69, 9.17) is 9.47 Å². The van der Waals surface area contributed by atoms with E-state index in [0.717, 1.165) is 10.0 Å². The van der Waals surface area contributed by atoms with Gasteiger partial charge in [-0.2, -0.15) is 13.2 Å². The Bertz CT molecular complexity index is 412. The fraction of sp³-hybridized carbons (Fsp3) is 0.643. The second-order valence-electron chi connectivity index (χ2n) is 4.64. The van der Waals surface area contributed by atoms with Gasteiger partial charge < -0.3 is 9.47 Å². The second-order valence-corrected chi connectivity index (χ2v) is 5.56. The van der Waals surface area contributed by atoms with Crippen LogP contribution in [0.2, 0.25) is 0 Å². The van der Waals surface area contributed by atoms with Crippen molar-refractivity contribution in [2.75, 3.05) is 7.11 Å². The molecular weight excluding hydrogens is 351 g/mol. The molecule has 7 heteroatoms. The first-order chi connectivity index (χ1) is 10.0. The van der Waals surface area contributed by atoms with Gasteiger partial charge in [-0.25, -0.2) is 4.98 Å². The predicted octanol–water partition coefficient (Wildman–Crippen LogP) is 4.88. The van der Waals surface area contributed by atoms with Gasteiger partial charge in [0, 0.05) is 16.2 Å². The molecule has 1 aromatic heterocycles. The first kappa shape index (κ1) is 18.2. The number of rotatable bonds is 4. The maximum absolute atomic E-state index is 9.67. The molecule has 21 heavy (non-hydrogen) atoms. The van der Waals surface area contributed by atoms with Crippen LogP contribution in [0.1, 0.15) is 37.7 Å². The summed E-state index contributed by atoms with van der Waals surface area (Å²) in [5.74, 6) is 0.656. The fourth-order valence-corrected chi connectivity index (χ4v) is 2.57. The third-order valence-electron chi connectivity index (χ3n) is 3.11. The third kappa shape index (κ3) is 7.66. The minimum atomic E-state index is -3.67. The minimum Gasteiger partial charge on any atom is -0.481 e. The molecular formula is C14H19BrF3NO2. The lowest BCUT2D eigenvalue weighted by Gasteiger charge is -2.22. The van der Waals surface area contributed by atoms with Gasteiger partial charge in [-0.15, -0.1) is 0 Å². The zero-order valence-corrected chi connectivity index (χ0v) is 13.4. The van der Waals surface area contributed by atoms with Gasteiger partial charge in [0.2, 0.25) is 5.88 Å². The van der Waals surface area contributed by atoms with Gasteiger partial charge >= 0.3 is 6.68 Å². The van der Waals surface area contributed by atoms with Gasteiger partial charge in [0.1, 0.15) is 0 Å². The molecule has 0 unspecified atom stereocenters. The molecule has 0 saturated heterocycles. The van der Waals surface area contributed by atoms with Gasteiger partial charge in [-0.3, -0.25) is 0 Å². The fourth-order valence-electron chi connectivity index (χ4n) is 2.20. The summed E-state index contributed by atoms with van der Waals surface area (Å²) in [6.07, 6.45) is 8.45. The Morgan fingerprint density at radius 3 is 2.48 bits per heavy atom. The molecule has 0 N–H and O–H groups in total. The molecule has 1 heterocycles. The Kier molecular flexibility index (Phi) is 8.68. The zero-order chi connectivity index (χ0) is 15.7. The largest absolute Gasteiger partial charge is 0.481 e. The van der Waals surface area contributed by atoms with E-state index in [1.165, 1.54) is 32.1 Å². The number of aromatic nitrogens is 1. The number of methoxy groups -OCH3 is 1. The lowest BCUT2D eigenvalue weighted by atomic mass is 9.98. The van der Waals surface area contributed by atoms with Crippen molar-refractivity contribution in [1.29, 1.82) is 0 Å². The van der Waals surface area contributed by atoms with Crippen LogP contribution in [0, 0.1) is 0 Å². The Labute approximate surface area is 131 Å². The first-order valence-corrected chi connectivity index (χ1v) is 7.54. The number of alkyl halides is 3. The van der Waals surface area contributed by atoms with Crippen molar-refractivity contribution in [3.8, 4) is 5.88 Å². The number of pyridine rings is 1. The number of hydrogen-bond donors (Lipinski definition) is 0. The maximum Gasteiger partial charge on any atom is 0.379 e. The summed E-state index contributed by atoms with van der Waals surface area (Å²) in [5, 5.41) is 0. The highest BCUT2D eigenvalue weighted by Crippen LogP contribution is 2.24. The first-order valence-electron chi connectivity index (χ1n) is 6.75. The Hall–Kier alpha value is -0.820. The predicted molar refractivity (Wildman–Crippen MR) is 77.3 cm³/mol. The van der Waals surface area contributed by atoms with Gasteiger partial charge in [-0.05, 0) is 34.8 Å². The smallest absolute Gasteiger partial charge is 0.379 e. The molecule has 0 radical (unpaired) electrons. The molecule has 0 atom stereocenters. The van der Waals surface area contributed by atoms with Crippen molar-refractivity contribution in [3.05, 3.63) is 22.3 Å². The number of ether oxygens (including phenoxy) is 2. The average Bonchev–Trinajstić information content (AvgIpc) is 2.46. The molecule has 2 rings (SSSR count).